The second-order valence-electron chi connectivity index (χ2n) is 4.49. The Morgan fingerprint density at radius 2 is 1.62 bits per heavy atom. The molecule has 2 N–H and O–H groups in total. The number of benzene rings is 2. The first-order valence-electron chi connectivity index (χ1n) is 6.24. The number of nitrogens with zero attached hydrogens (tertiary/aromatic N) is 2. The number of nitrogens with two attached hydrogens (primary N) is 1. The molecule has 6 heteroatoms. The lowest BCUT2D eigenvalue weighted by Crippen LogP contribution is -2.11. The molecule has 3 rings (SSSR count). The Bertz CT molecular complexity index is 738. The molecule has 0 bridgehead atoms. The lowest BCUT2D eigenvalue weighted by Gasteiger charge is -2.06. The summed E-state index contributed by atoms with van der Waals surface area (Å²) in [5.41, 5.74) is 7.68. The lowest BCUT2D eigenvalue weighted by atomic mass is 10.1. The molecule has 1 aromatic heterocycles. The average molecular weight is 320 g/mol. The van der Waals surface area contributed by atoms with Gasteiger partial charge in [0.25, 0.3) is 0 Å². The molecule has 1 heterocycles. The van der Waals surface area contributed by atoms with Crippen molar-refractivity contribution < 1.29 is 4.42 Å². The molecule has 0 saturated carbocycles. The van der Waals surface area contributed by atoms with Gasteiger partial charge in [-0.05, 0) is 23.8 Å². The number of hydrogen-bond acceptors (Lipinski definition) is 4. The Balaban J connectivity index is 1.93. The standard InChI is InChI=1S/C15H11Cl2N3O/c16-11-6-10(7-12(17)8-11)14-19-20-15(21-14)13(18)9-4-2-1-3-5-9/h1-8,13H,18H2. The van der Waals surface area contributed by atoms with Crippen LogP contribution in [0, 0.1) is 0 Å². The SMILES string of the molecule is NC(c1ccccc1)c1nnc(-c2cc(Cl)cc(Cl)c2)o1. The van der Waals surface area contributed by atoms with Crippen molar-refractivity contribution in [2.45, 2.75) is 6.04 Å². The van der Waals surface area contributed by atoms with Crippen molar-refractivity contribution in [3.05, 3.63) is 70.0 Å². The van der Waals surface area contributed by atoms with E-state index in [1.807, 2.05) is 30.3 Å². The van der Waals surface area contributed by atoms with Crippen LogP contribution in [-0.2, 0) is 0 Å². The van der Waals surface area contributed by atoms with E-state index < -0.39 is 6.04 Å². The summed E-state index contributed by atoms with van der Waals surface area (Å²) in [6.07, 6.45) is 0. The van der Waals surface area contributed by atoms with Gasteiger partial charge in [0.1, 0.15) is 6.04 Å². The number of hydrogen-bond donors (Lipinski definition) is 1. The van der Waals surface area contributed by atoms with Gasteiger partial charge >= 0.3 is 0 Å². The maximum Gasteiger partial charge on any atom is 0.247 e. The number of rotatable bonds is 3. The maximum absolute atomic E-state index is 6.12. The van der Waals surface area contributed by atoms with Gasteiger partial charge in [-0.1, -0.05) is 53.5 Å². The van der Waals surface area contributed by atoms with Gasteiger partial charge in [-0.25, -0.2) is 0 Å². The van der Waals surface area contributed by atoms with Crippen molar-refractivity contribution in [3.63, 3.8) is 0 Å². The predicted octanol–water partition coefficient (Wildman–Crippen LogP) is 4.09. The summed E-state index contributed by atoms with van der Waals surface area (Å²) in [5, 5.41) is 9.01. The van der Waals surface area contributed by atoms with E-state index in [9.17, 15) is 0 Å². The maximum atomic E-state index is 6.12. The van der Waals surface area contributed by atoms with Crippen LogP contribution in [0.15, 0.2) is 52.9 Å². The van der Waals surface area contributed by atoms with Crippen LogP contribution in [0.5, 0.6) is 0 Å². The minimum absolute atomic E-state index is 0.334. The molecule has 21 heavy (non-hydrogen) atoms. The monoisotopic (exact) mass is 319 g/mol. The summed E-state index contributed by atoms with van der Waals surface area (Å²) in [6, 6.07) is 14.1. The Hall–Kier alpha value is -1.88. The molecule has 0 aliphatic carbocycles. The zero-order chi connectivity index (χ0) is 14.8. The smallest absolute Gasteiger partial charge is 0.247 e. The van der Waals surface area contributed by atoms with Crippen molar-refractivity contribution in [1.82, 2.24) is 10.2 Å². The van der Waals surface area contributed by atoms with Gasteiger partial charge in [0.05, 0.1) is 0 Å². The fourth-order valence-corrected chi connectivity index (χ4v) is 2.48. The largest absolute Gasteiger partial charge is 0.419 e. The molecule has 0 aliphatic rings. The topological polar surface area (TPSA) is 64.9 Å². The Morgan fingerprint density at radius 1 is 0.952 bits per heavy atom. The summed E-state index contributed by atoms with van der Waals surface area (Å²) >= 11 is 11.9. The summed E-state index contributed by atoms with van der Waals surface area (Å²) in [6.45, 7) is 0. The van der Waals surface area contributed by atoms with Gasteiger partial charge in [-0.3, -0.25) is 0 Å². The van der Waals surface area contributed by atoms with Gasteiger partial charge in [-0.2, -0.15) is 0 Å². The molecule has 0 amide bonds. The van der Waals surface area contributed by atoms with E-state index in [1.54, 1.807) is 18.2 Å². The number of aromatic nitrogens is 2. The average Bonchev–Trinajstić information content (AvgIpc) is 2.96. The van der Waals surface area contributed by atoms with E-state index >= 15 is 0 Å². The van der Waals surface area contributed by atoms with Gasteiger partial charge in [-0.15, -0.1) is 10.2 Å². The molecular formula is C15H11Cl2N3O. The first kappa shape index (κ1) is 14.1. The molecule has 0 saturated heterocycles. The Morgan fingerprint density at radius 3 is 2.29 bits per heavy atom. The normalized spacial score (nSPS) is 12.3. The van der Waals surface area contributed by atoms with Gasteiger partial charge in [0.15, 0.2) is 0 Å². The fourth-order valence-electron chi connectivity index (χ4n) is 1.96. The molecule has 0 aliphatic heterocycles. The van der Waals surface area contributed by atoms with Crippen molar-refractivity contribution >= 4 is 23.2 Å². The summed E-state index contributed by atoms with van der Waals surface area (Å²) in [4.78, 5) is 0. The second-order valence-corrected chi connectivity index (χ2v) is 5.36. The predicted molar refractivity (Wildman–Crippen MR) is 82.2 cm³/mol. The van der Waals surface area contributed by atoms with E-state index in [4.69, 9.17) is 33.4 Å². The van der Waals surface area contributed by atoms with Crippen molar-refractivity contribution in [3.8, 4) is 11.5 Å². The minimum atomic E-state index is -0.470. The van der Waals surface area contributed by atoms with Gasteiger partial charge < -0.3 is 10.2 Å². The molecule has 1 unspecified atom stereocenters. The molecule has 0 radical (unpaired) electrons. The van der Waals surface area contributed by atoms with E-state index in [1.165, 1.54) is 0 Å². The Kier molecular flexibility index (Phi) is 3.92. The fraction of sp³-hybridized carbons (Fsp3) is 0.0667. The quantitative estimate of drug-likeness (QED) is 0.789. The van der Waals surface area contributed by atoms with E-state index in [0.29, 0.717) is 27.4 Å². The molecule has 1 atom stereocenters. The third kappa shape index (κ3) is 3.08. The zero-order valence-electron chi connectivity index (χ0n) is 10.8. The van der Waals surface area contributed by atoms with E-state index in [0.717, 1.165) is 5.56 Å². The van der Waals surface area contributed by atoms with Gasteiger partial charge in [0, 0.05) is 15.6 Å². The summed E-state index contributed by atoms with van der Waals surface area (Å²) in [7, 11) is 0. The van der Waals surface area contributed by atoms with Crippen LogP contribution in [-0.4, -0.2) is 10.2 Å². The van der Waals surface area contributed by atoms with Crippen molar-refractivity contribution in [2.24, 2.45) is 5.73 Å². The van der Waals surface area contributed by atoms with Crippen LogP contribution >= 0.6 is 23.2 Å². The minimum Gasteiger partial charge on any atom is -0.419 e. The molecule has 106 valence electrons. The van der Waals surface area contributed by atoms with Crippen LogP contribution in [0.2, 0.25) is 10.0 Å². The van der Waals surface area contributed by atoms with Crippen LogP contribution in [0.4, 0.5) is 0 Å². The molecule has 3 aromatic rings. The van der Waals surface area contributed by atoms with Crippen LogP contribution < -0.4 is 5.73 Å². The highest BCUT2D eigenvalue weighted by molar-refractivity contribution is 6.35. The van der Waals surface area contributed by atoms with Gasteiger partial charge in [0.2, 0.25) is 11.8 Å². The molecular weight excluding hydrogens is 309 g/mol. The third-order valence-corrected chi connectivity index (χ3v) is 3.41. The molecule has 0 fully saturated rings. The highest BCUT2D eigenvalue weighted by atomic mass is 35.5. The van der Waals surface area contributed by atoms with Crippen molar-refractivity contribution in [1.29, 1.82) is 0 Å². The van der Waals surface area contributed by atoms with Crippen LogP contribution in [0.25, 0.3) is 11.5 Å². The molecule has 0 spiro atoms. The first-order valence-corrected chi connectivity index (χ1v) is 6.99. The van der Waals surface area contributed by atoms with E-state index in [2.05, 4.69) is 10.2 Å². The number of halogens is 2. The third-order valence-electron chi connectivity index (χ3n) is 2.97. The first-order chi connectivity index (χ1) is 10.1. The van der Waals surface area contributed by atoms with Crippen molar-refractivity contribution in [2.75, 3.05) is 0 Å². The lowest BCUT2D eigenvalue weighted by molar-refractivity contribution is 0.484. The molecule has 2 aromatic carbocycles. The summed E-state index contributed by atoms with van der Waals surface area (Å²) < 4.78 is 5.63. The Labute approximate surface area is 131 Å². The van der Waals surface area contributed by atoms with E-state index in [-0.39, 0.29) is 0 Å². The molecule has 4 nitrogen and oxygen atoms in total. The zero-order valence-corrected chi connectivity index (χ0v) is 12.3. The second kappa shape index (κ2) is 5.85. The van der Waals surface area contributed by atoms with Crippen LogP contribution in [0.3, 0.4) is 0 Å². The van der Waals surface area contributed by atoms with Crippen LogP contribution in [0.1, 0.15) is 17.5 Å². The highest BCUT2D eigenvalue weighted by Gasteiger charge is 2.17. The summed E-state index contributed by atoms with van der Waals surface area (Å²) in [5.74, 6) is 0.674. The highest BCUT2D eigenvalue weighted by Crippen LogP contribution is 2.28.